The lowest BCUT2D eigenvalue weighted by Crippen LogP contribution is -2.32. The predicted molar refractivity (Wildman–Crippen MR) is 76.2 cm³/mol. The van der Waals surface area contributed by atoms with E-state index in [1.807, 2.05) is 23.9 Å². The SMILES string of the molecule is CC(C)Sc1ccc(NCCC(N)C(=O)O)cc1. The second kappa shape index (κ2) is 7.28. The third kappa shape index (κ3) is 5.42. The van der Waals surface area contributed by atoms with E-state index >= 15 is 0 Å². The standard InChI is InChI=1S/C13H20N2O2S/c1-9(2)18-11-5-3-10(4-6-11)15-8-7-12(14)13(16)17/h3-6,9,12,15H,7-8,14H2,1-2H3,(H,16,17). The predicted octanol–water partition coefficient (Wildman–Crippen LogP) is 2.40. The van der Waals surface area contributed by atoms with E-state index in [0.717, 1.165) is 5.69 Å². The van der Waals surface area contributed by atoms with Crippen LogP contribution >= 0.6 is 11.8 Å². The molecular formula is C13H20N2O2S. The van der Waals surface area contributed by atoms with Gasteiger partial charge in [-0.3, -0.25) is 4.79 Å². The second-order valence-corrected chi connectivity index (χ2v) is 6.00. The fourth-order valence-corrected chi connectivity index (χ4v) is 2.26. The van der Waals surface area contributed by atoms with Crippen LogP contribution in [0.4, 0.5) is 5.69 Å². The van der Waals surface area contributed by atoms with Crippen molar-refractivity contribution in [3.05, 3.63) is 24.3 Å². The number of hydrogen-bond donors (Lipinski definition) is 3. The third-order valence-corrected chi connectivity index (χ3v) is 3.34. The van der Waals surface area contributed by atoms with Gasteiger partial charge in [-0.15, -0.1) is 11.8 Å². The van der Waals surface area contributed by atoms with Crippen LogP contribution < -0.4 is 11.1 Å². The zero-order valence-corrected chi connectivity index (χ0v) is 11.5. The van der Waals surface area contributed by atoms with Crippen LogP contribution in [0, 0.1) is 0 Å². The molecule has 100 valence electrons. The van der Waals surface area contributed by atoms with Crippen LogP contribution in [-0.2, 0) is 4.79 Å². The number of rotatable bonds is 7. The molecule has 0 aliphatic rings. The maximum Gasteiger partial charge on any atom is 0.320 e. The molecule has 0 aromatic heterocycles. The first-order chi connectivity index (χ1) is 8.49. The van der Waals surface area contributed by atoms with Gasteiger partial charge in [0.2, 0.25) is 0 Å². The molecule has 18 heavy (non-hydrogen) atoms. The Bertz CT molecular complexity index is 379. The Balaban J connectivity index is 2.37. The summed E-state index contributed by atoms with van der Waals surface area (Å²) in [5, 5.41) is 12.4. The molecule has 0 amide bonds. The van der Waals surface area contributed by atoms with Gasteiger partial charge in [0.15, 0.2) is 0 Å². The Hall–Kier alpha value is -1.20. The number of carboxylic acids is 1. The van der Waals surface area contributed by atoms with Crippen molar-refractivity contribution in [3.63, 3.8) is 0 Å². The first-order valence-electron chi connectivity index (χ1n) is 5.98. The summed E-state index contributed by atoms with van der Waals surface area (Å²) in [6.45, 7) is 4.87. The number of nitrogens with two attached hydrogens (primary N) is 1. The van der Waals surface area contributed by atoms with Crippen molar-refractivity contribution in [2.24, 2.45) is 5.73 Å². The number of carbonyl (C=O) groups is 1. The number of hydrogen-bond acceptors (Lipinski definition) is 4. The molecule has 0 heterocycles. The molecule has 4 N–H and O–H groups in total. The van der Waals surface area contributed by atoms with Gasteiger partial charge in [0.1, 0.15) is 6.04 Å². The van der Waals surface area contributed by atoms with Gasteiger partial charge in [-0.2, -0.15) is 0 Å². The molecule has 0 saturated carbocycles. The minimum Gasteiger partial charge on any atom is -0.480 e. The van der Waals surface area contributed by atoms with Crippen molar-refractivity contribution in [2.75, 3.05) is 11.9 Å². The fraction of sp³-hybridized carbons (Fsp3) is 0.462. The maximum atomic E-state index is 10.5. The zero-order valence-electron chi connectivity index (χ0n) is 10.7. The minimum atomic E-state index is -0.958. The molecule has 0 radical (unpaired) electrons. The number of nitrogens with one attached hydrogen (secondary N) is 1. The van der Waals surface area contributed by atoms with Crippen LogP contribution in [0.2, 0.25) is 0 Å². The number of anilines is 1. The fourth-order valence-electron chi connectivity index (χ4n) is 1.42. The van der Waals surface area contributed by atoms with Gasteiger partial charge in [0.05, 0.1) is 0 Å². The lowest BCUT2D eigenvalue weighted by molar-refractivity contribution is -0.138. The highest BCUT2D eigenvalue weighted by atomic mass is 32.2. The van der Waals surface area contributed by atoms with Crippen molar-refractivity contribution in [2.45, 2.75) is 36.5 Å². The maximum absolute atomic E-state index is 10.5. The Morgan fingerprint density at radius 2 is 2.00 bits per heavy atom. The molecule has 4 nitrogen and oxygen atoms in total. The van der Waals surface area contributed by atoms with E-state index in [9.17, 15) is 4.79 Å². The average Bonchev–Trinajstić information content (AvgIpc) is 2.30. The molecule has 1 aromatic rings. The Labute approximate surface area is 112 Å². The summed E-state index contributed by atoms with van der Waals surface area (Å²) in [4.78, 5) is 11.8. The number of thioether (sulfide) groups is 1. The average molecular weight is 268 g/mol. The summed E-state index contributed by atoms with van der Waals surface area (Å²) in [6.07, 6.45) is 0.415. The smallest absolute Gasteiger partial charge is 0.320 e. The van der Waals surface area contributed by atoms with Gasteiger partial charge >= 0.3 is 5.97 Å². The second-order valence-electron chi connectivity index (χ2n) is 4.35. The number of aliphatic carboxylic acids is 1. The first-order valence-corrected chi connectivity index (χ1v) is 6.86. The highest BCUT2D eigenvalue weighted by Crippen LogP contribution is 2.24. The van der Waals surface area contributed by atoms with E-state index in [-0.39, 0.29) is 0 Å². The number of carboxylic acid groups (broad SMARTS) is 1. The van der Waals surface area contributed by atoms with Gasteiger partial charge in [-0.25, -0.2) is 0 Å². The van der Waals surface area contributed by atoms with E-state index in [0.29, 0.717) is 18.2 Å². The van der Waals surface area contributed by atoms with Gasteiger partial charge in [0.25, 0.3) is 0 Å². The van der Waals surface area contributed by atoms with Gasteiger partial charge in [-0.05, 0) is 30.7 Å². The van der Waals surface area contributed by atoms with Crippen LogP contribution in [0.25, 0.3) is 0 Å². The normalized spacial score (nSPS) is 12.4. The van der Waals surface area contributed by atoms with Crippen molar-refractivity contribution < 1.29 is 9.90 Å². The summed E-state index contributed by atoms with van der Waals surface area (Å²) >= 11 is 1.81. The monoisotopic (exact) mass is 268 g/mol. The van der Waals surface area contributed by atoms with E-state index < -0.39 is 12.0 Å². The quantitative estimate of drug-likeness (QED) is 0.662. The largest absolute Gasteiger partial charge is 0.480 e. The van der Waals surface area contributed by atoms with Crippen molar-refractivity contribution in [3.8, 4) is 0 Å². The highest BCUT2D eigenvalue weighted by Gasteiger charge is 2.09. The minimum absolute atomic E-state index is 0.415. The Morgan fingerprint density at radius 1 is 1.39 bits per heavy atom. The molecule has 0 aliphatic carbocycles. The van der Waals surface area contributed by atoms with E-state index in [4.69, 9.17) is 10.8 Å². The molecular weight excluding hydrogens is 248 g/mol. The topological polar surface area (TPSA) is 75.3 Å². The highest BCUT2D eigenvalue weighted by molar-refractivity contribution is 7.99. The van der Waals surface area contributed by atoms with E-state index in [1.54, 1.807) is 0 Å². The Kier molecular flexibility index (Phi) is 6.01. The zero-order chi connectivity index (χ0) is 13.5. The summed E-state index contributed by atoms with van der Waals surface area (Å²) in [6, 6.07) is 7.32. The molecule has 0 fully saturated rings. The molecule has 0 bridgehead atoms. The van der Waals surface area contributed by atoms with Gasteiger partial charge in [0, 0.05) is 22.4 Å². The molecule has 1 aromatic carbocycles. The van der Waals surface area contributed by atoms with Crippen molar-refractivity contribution >= 4 is 23.4 Å². The molecule has 1 atom stereocenters. The Morgan fingerprint density at radius 3 is 2.50 bits per heavy atom. The molecule has 1 unspecified atom stereocenters. The summed E-state index contributed by atoms with van der Waals surface area (Å²) in [7, 11) is 0. The van der Waals surface area contributed by atoms with Gasteiger partial charge in [-0.1, -0.05) is 13.8 Å². The molecule has 0 saturated heterocycles. The van der Waals surface area contributed by atoms with Crippen molar-refractivity contribution in [1.82, 2.24) is 0 Å². The third-order valence-electron chi connectivity index (χ3n) is 2.33. The van der Waals surface area contributed by atoms with Crippen LogP contribution in [0.1, 0.15) is 20.3 Å². The van der Waals surface area contributed by atoms with Crippen LogP contribution in [0.15, 0.2) is 29.2 Å². The number of benzene rings is 1. The lowest BCUT2D eigenvalue weighted by atomic mass is 10.2. The summed E-state index contributed by atoms with van der Waals surface area (Å²) in [5.41, 5.74) is 6.40. The molecule has 0 aliphatic heterocycles. The summed E-state index contributed by atoms with van der Waals surface area (Å²) in [5.74, 6) is -0.958. The molecule has 1 rings (SSSR count). The van der Waals surface area contributed by atoms with Crippen LogP contribution in [0.5, 0.6) is 0 Å². The van der Waals surface area contributed by atoms with Crippen LogP contribution in [0.3, 0.4) is 0 Å². The first kappa shape index (κ1) is 14.9. The van der Waals surface area contributed by atoms with Crippen molar-refractivity contribution in [1.29, 1.82) is 0 Å². The molecule has 0 spiro atoms. The van der Waals surface area contributed by atoms with Crippen LogP contribution in [-0.4, -0.2) is 28.9 Å². The summed E-state index contributed by atoms with van der Waals surface area (Å²) < 4.78 is 0. The van der Waals surface area contributed by atoms with E-state index in [2.05, 4.69) is 31.3 Å². The molecule has 5 heteroatoms. The van der Waals surface area contributed by atoms with E-state index in [1.165, 1.54) is 4.90 Å². The lowest BCUT2D eigenvalue weighted by Gasteiger charge is -2.10. The van der Waals surface area contributed by atoms with Gasteiger partial charge < -0.3 is 16.2 Å².